The highest BCUT2D eigenvalue weighted by Gasteiger charge is 2.11. The standard InChI is InChI=1S/C16H18N4O3S/c1-10(2)7-11-8-23-16(18-11)19-13(21)3-5-20-9-17-14-12(15(20)22)4-6-24-14/h4,6,8-10H,3,5,7H2,1-2H3,(H,18,19,21). The molecule has 7 nitrogen and oxygen atoms in total. The van der Waals surface area contributed by atoms with Gasteiger partial charge in [-0.1, -0.05) is 13.8 Å². The Hall–Kier alpha value is -2.48. The third-order valence-electron chi connectivity index (χ3n) is 3.45. The average molecular weight is 346 g/mol. The normalized spacial score (nSPS) is 11.3. The van der Waals surface area contributed by atoms with Gasteiger partial charge in [-0.25, -0.2) is 4.98 Å². The van der Waals surface area contributed by atoms with Crippen LogP contribution in [0.2, 0.25) is 0 Å². The highest BCUT2D eigenvalue weighted by molar-refractivity contribution is 7.16. The number of oxazole rings is 1. The number of rotatable bonds is 6. The Bertz CT molecular complexity index is 909. The van der Waals surface area contributed by atoms with E-state index in [-0.39, 0.29) is 30.4 Å². The van der Waals surface area contributed by atoms with Crippen molar-refractivity contribution in [2.45, 2.75) is 33.2 Å². The maximum absolute atomic E-state index is 12.2. The highest BCUT2D eigenvalue weighted by Crippen LogP contribution is 2.14. The van der Waals surface area contributed by atoms with Crippen LogP contribution < -0.4 is 10.9 Å². The molecule has 0 saturated heterocycles. The van der Waals surface area contributed by atoms with Crippen molar-refractivity contribution < 1.29 is 9.21 Å². The van der Waals surface area contributed by atoms with Crippen LogP contribution in [0.4, 0.5) is 6.01 Å². The summed E-state index contributed by atoms with van der Waals surface area (Å²) in [6.07, 6.45) is 3.95. The largest absolute Gasteiger partial charge is 0.432 e. The first-order chi connectivity index (χ1) is 11.5. The number of fused-ring (bicyclic) bond motifs is 1. The lowest BCUT2D eigenvalue weighted by Crippen LogP contribution is -2.23. The van der Waals surface area contributed by atoms with Gasteiger partial charge in [0.05, 0.1) is 17.4 Å². The minimum absolute atomic E-state index is 0.135. The van der Waals surface area contributed by atoms with Crippen molar-refractivity contribution in [1.82, 2.24) is 14.5 Å². The van der Waals surface area contributed by atoms with E-state index in [1.165, 1.54) is 22.2 Å². The van der Waals surface area contributed by atoms with Gasteiger partial charge in [0, 0.05) is 13.0 Å². The topological polar surface area (TPSA) is 90.0 Å². The zero-order valence-electron chi connectivity index (χ0n) is 13.5. The zero-order chi connectivity index (χ0) is 17.1. The summed E-state index contributed by atoms with van der Waals surface area (Å²) >= 11 is 1.42. The second-order valence-corrected chi connectivity index (χ2v) is 6.82. The number of anilines is 1. The van der Waals surface area contributed by atoms with E-state index in [0.29, 0.717) is 16.1 Å². The maximum atomic E-state index is 12.2. The molecule has 1 amide bonds. The second kappa shape index (κ2) is 6.96. The van der Waals surface area contributed by atoms with E-state index in [4.69, 9.17) is 4.42 Å². The van der Waals surface area contributed by atoms with Crippen molar-refractivity contribution >= 4 is 33.5 Å². The van der Waals surface area contributed by atoms with Gasteiger partial charge in [-0.3, -0.25) is 19.5 Å². The van der Waals surface area contributed by atoms with Crippen molar-refractivity contribution in [1.29, 1.82) is 0 Å². The van der Waals surface area contributed by atoms with Crippen molar-refractivity contribution in [3.63, 3.8) is 0 Å². The molecule has 0 aliphatic heterocycles. The summed E-state index contributed by atoms with van der Waals surface area (Å²) < 4.78 is 6.68. The molecule has 0 fully saturated rings. The molecule has 0 spiro atoms. The van der Waals surface area contributed by atoms with E-state index in [2.05, 4.69) is 29.1 Å². The minimum atomic E-state index is -0.259. The van der Waals surface area contributed by atoms with E-state index in [0.717, 1.165) is 12.1 Å². The Kier molecular flexibility index (Phi) is 4.75. The molecule has 0 saturated carbocycles. The summed E-state index contributed by atoms with van der Waals surface area (Å²) in [7, 11) is 0. The molecule has 3 aromatic heterocycles. The number of carbonyl (C=O) groups excluding carboxylic acids is 1. The zero-order valence-corrected chi connectivity index (χ0v) is 14.3. The fourth-order valence-electron chi connectivity index (χ4n) is 2.33. The fourth-order valence-corrected chi connectivity index (χ4v) is 3.06. The van der Waals surface area contributed by atoms with Crippen LogP contribution in [0.3, 0.4) is 0 Å². The summed E-state index contributed by atoms with van der Waals surface area (Å²) in [5.41, 5.74) is 0.674. The van der Waals surface area contributed by atoms with Crippen LogP contribution in [-0.4, -0.2) is 20.4 Å². The van der Waals surface area contributed by atoms with Gasteiger partial charge in [-0.05, 0) is 23.8 Å². The van der Waals surface area contributed by atoms with Crippen LogP contribution in [0.5, 0.6) is 0 Å². The summed E-state index contributed by atoms with van der Waals surface area (Å²) in [6.45, 7) is 4.43. The lowest BCUT2D eigenvalue weighted by Gasteiger charge is -2.04. The van der Waals surface area contributed by atoms with E-state index >= 15 is 0 Å². The number of nitrogens with zero attached hydrogens (tertiary/aromatic N) is 3. The van der Waals surface area contributed by atoms with Crippen LogP contribution in [0.1, 0.15) is 26.0 Å². The fraction of sp³-hybridized carbons (Fsp3) is 0.375. The second-order valence-electron chi connectivity index (χ2n) is 5.92. The number of carbonyl (C=O) groups is 1. The maximum Gasteiger partial charge on any atom is 0.301 e. The molecule has 0 atom stereocenters. The van der Waals surface area contributed by atoms with Gasteiger partial charge >= 0.3 is 6.01 Å². The van der Waals surface area contributed by atoms with Gasteiger partial charge in [-0.2, -0.15) is 4.98 Å². The molecule has 3 rings (SSSR count). The molecule has 8 heteroatoms. The van der Waals surface area contributed by atoms with Crippen LogP contribution >= 0.6 is 11.3 Å². The van der Waals surface area contributed by atoms with Crippen molar-refractivity contribution in [2.24, 2.45) is 5.92 Å². The van der Waals surface area contributed by atoms with Gasteiger partial charge in [0.1, 0.15) is 11.1 Å². The number of hydrogen-bond acceptors (Lipinski definition) is 6. The molecule has 0 aromatic carbocycles. The molecule has 3 heterocycles. The molecule has 0 bridgehead atoms. The highest BCUT2D eigenvalue weighted by atomic mass is 32.1. The summed E-state index contributed by atoms with van der Waals surface area (Å²) in [4.78, 5) is 33.4. The molecule has 3 aromatic rings. The van der Waals surface area contributed by atoms with Crippen molar-refractivity contribution in [3.05, 3.63) is 40.1 Å². The van der Waals surface area contributed by atoms with Gasteiger partial charge in [0.2, 0.25) is 5.91 Å². The Labute approximate surface area is 142 Å². The predicted octanol–water partition coefficient (Wildman–Crippen LogP) is 2.67. The number of amides is 1. The first kappa shape index (κ1) is 16.4. The third-order valence-corrected chi connectivity index (χ3v) is 4.27. The Morgan fingerprint density at radius 3 is 3.08 bits per heavy atom. The van der Waals surface area contributed by atoms with Crippen LogP contribution in [0, 0.1) is 5.92 Å². The summed E-state index contributed by atoms with van der Waals surface area (Å²) in [5.74, 6) is 0.204. The molecule has 126 valence electrons. The van der Waals surface area contributed by atoms with Gasteiger partial charge < -0.3 is 4.42 Å². The summed E-state index contributed by atoms with van der Waals surface area (Å²) in [5, 5.41) is 5.01. The number of nitrogens with one attached hydrogen (secondary N) is 1. The quantitative estimate of drug-likeness (QED) is 0.741. The molecule has 24 heavy (non-hydrogen) atoms. The first-order valence-electron chi connectivity index (χ1n) is 7.70. The van der Waals surface area contributed by atoms with E-state index in [9.17, 15) is 9.59 Å². The van der Waals surface area contributed by atoms with Crippen molar-refractivity contribution in [3.8, 4) is 0 Å². The van der Waals surface area contributed by atoms with Gasteiger partial charge in [0.15, 0.2) is 0 Å². The third kappa shape index (κ3) is 3.70. The first-order valence-corrected chi connectivity index (χ1v) is 8.58. The van der Waals surface area contributed by atoms with Crippen LogP contribution in [0.15, 0.2) is 33.2 Å². The molecule has 0 unspecified atom stereocenters. The number of aryl methyl sites for hydroxylation is 1. The van der Waals surface area contributed by atoms with E-state index < -0.39 is 0 Å². The monoisotopic (exact) mass is 346 g/mol. The van der Waals surface area contributed by atoms with Gasteiger partial charge in [0.25, 0.3) is 5.56 Å². The van der Waals surface area contributed by atoms with Crippen LogP contribution in [-0.2, 0) is 17.8 Å². The predicted molar refractivity (Wildman–Crippen MR) is 92.2 cm³/mol. The lowest BCUT2D eigenvalue weighted by atomic mass is 10.1. The minimum Gasteiger partial charge on any atom is -0.432 e. The molecule has 0 aliphatic carbocycles. The van der Waals surface area contributed by atoms with Gasteiger partial charge in [-0.15, -0.1) is 11.3 Å². The SMILES string of the molecule is CC(C)Cc1coc(NC(=O)CCn2cnc3sccc3c2=O)n1. The lowest BCUT2D eigenvalue weighted by molar-refractivity contribution is -0.116. The molecular formula is C16H18N4O3S. The van der Waals surface area contributed by atoms with Crippen molar-refractivity contribution in [2.75, 3.05) is 5.32 Å². The summed E-state index contributed by atoms with van der Waals surface area (Å²) in [6, 6.07) is 1.93. The Morgan fingerprint density at radius 2 is 2.29 bits per heavy atom. The molecule has 0 radical (unpaired) electrons. The van der Waals surface area contributed by atoms with Crippen LogP contribution in [0.25, 0.3) is 10.2 Å². The molecule has 0 aliphatic rings. The van der Waals surface area contributed by atoms with E-state index in [1.807, 2.05) is 5.38 Å². The Balaban J connectivity index is 1.59. The molecular weight excluding hydrogens is 328 g/mol. The molecule has 1 N–H and O–H groups in total. The Morgan fingerprint density at radius 1 is 1.46 bits per heavy atom. The number of hydrogen-bond donors (Lipinski definition) is 1. The average Bonchev–Trinajstić information content (AvgIpc) is 3.15. The number of aromatic nitrogens is 3. The number of thiophene rings is 1. The smallest absolute Gasteiger partial charge is 0.301 e. The van der Waals surface area contributed by atoms with E-state index in [1.54, 1.807) is 12.3 Å².